The summed E-state index contributed by atoms with van der Waals surface area (Å²) in [7, 11) is 0. The van der Waals surface area contributed by atoms with Gasteiger partial charge in [0.05, 0.1) is 11.3 Å². The monoisotopic (exact) mass is 573 g/mol. The second kappa shape index (κ2) is 11.0. The maximum Gasteiger partial charge on any atom is 0.435 e. The molecule has 37 heavy (non-hydrogen) atoms. The molecule has 2 N–H and O–H groups in total. The Kier molecular flexibility index (Phi) is 8.93. The number of anilines is 2. The number of halogens is 9. The summed E-state index contributed by atoms with van der Waals surface area (Å²) in [6.45, 7) is 1.79. The summed E-state index contributed by atoms with van der Waals surface area (Å²) in [5, 5.41) is 13.8. The molecule has 2 amide bonds. The minimum Gasteiger partial charge on any atom is -0.446 e. The highest BCUT2D eigenvalue weighted by Gasteiger charge is 2.73. The molecule has 6 nitrogen and oxygen atoms in total. The number of carbonyl (C=O) groups is 2. The molecule has 0 radical (unpaired) electrons. The number of alkyl halides is 9. The molecular formula is C22H16Cl2F7N3O3. The van der Waals surface area contributed by atoms with Crippen LogP contribution >= 0.6 is 23.2 Å². The molecule has 0 unspecified atom stereocenters. The first-order valence-electron chi connectivity index (χ1n) is 9.93. The molecule has 0 atom stereocenters. The first-order valence-corrected chi connectivity index (χ1v) is 10.8. The van der Waals surface area contributed by atoms with Crippen molar-refractivity contribution in [2.45, 2.75) is 36.7 Å². The normalized spacial score (nSPS) is 12.2. The number of rotatable bonds is 6. The van der Waals surface area contributed by atoms with E-state index in [-0.39, 0.29) is 40.2 Å². The highest BCUT2D eigenvalue weighted by molar-refractivity contribution is 6.44. The van der Waals surface area contributed by atoms with Crippen molar-refractivity contribution < 1.29 is 45.1 Å². The van der Waals surface area contributed by atoms with Gasteiger partial charge in [0.2, 0.25) is 0 Å². The van der Waals surface area contributed by atoms with Gasteiger partial charge in [-0.15, -0.1) is 23.2 Å². The molecule has 0 spiro atoms. The summed E-state index contributed by atoms with van der Waals surface area (Å²) in [6, 6.07) is 5.87. The second-order valence-corrected chi connectivity index (χ2v) is 8.86. The van der Waals surface area contributed by atoms with E-state index in [0.717, 1.165) is 19.9 Å². The molecule has 15 heteroatoms. The Morgan fingerprint density at radius 3 is 1.97 bits per heavy atom. The molecule has 0 aromatic heterocycles. The molecule has 0 fully saturated rings. The molecule has 0 bridgehead atoms. The topological polar surface area (TPSA) is 91.2 Å². The van der Waals surface area contributed by atoms with E-state index in [0.29, 0.717) is 12.1 Å². The summed E-state index contributed by atoms with van der Waals surface area (Å²) in [5.74, 6) is -0.903. The van der Waals surface area contributed by atoms with Crippen molar-refractivity contribution >= 4 is 46.6 Å². The third-order valence-electron chi connectivity index (χ3n) is 4.93. The lowest BCUT2D eigenvalue weighted by Gasteiger charge is -2.31. The van der Waals surface area contributed by atoms with Crippen molar-refractivity contribution in [2.75, 3.05) is 17.2 Å². The van der Waals surface area contributed by atoms with Crippen molar-refractivity contribution in [2.24, 2.45) is 0 Å². The van der Waals surface area contributed by atoms with Crippen LogP contribution in [0.4, 0.5) is 46.9 Å². The van der Waals surface area contributed by atoms with Gasteiger partial charge >= 0.3 is 24.1 Å². The van der Waals surface area contributed by atoms with Crippen LogP contribution in [0.1, 0.15) is 32.6 Å². The fourth-order valence-electron chi connectivity index (χ4n) is 3.20. The summed E-state index contributed by atoms with van der Waals surface area (Å²) in [5.41, 5.74) is -8.45. The summed E-state index contributed by atoms with van der Waals surface area (Å²) in [4.78, 5) is 23.6. The van der Waals surface area contributed by atoms with Gasteiger partial charge in [-0.25, -0.2) is 9.18 Å². The van der Waals surface area contributed by atoms with E-state index in [1.807, 2.05) is 0 Å². The average molecular weight is 574 g/mol. The lowest BCUT2D eigenvalue weighted by atomic mass is 9.90. The van der Waals surface area contributed by atoms with Gasteiger partial charge in [0.25, 0.3) is 5.91 Å². The zero-order chi connectivity index (χ0) is 28.3. The quantitative estimate of drug-likeness (QED) is 0.285. The Morgan fingerprint density at radius 2 is 1.51 bits per heavy atom. The summed E-state index contributed by atoms with van der Waals surface area (Å²) >= 11 is 10.9. The van der Waals surface area contributed by atoms with Crippen LogP contribution < -0.4 is 10.6 Å². The Bertz CT molecular complexity index is 1200. The van der Waals surface area contributed by atoms with Gasteiger partial charge in [0.15, 0.2) is 0 Å². The molecule has 2 aromatic carbocycles. The molecule has 2 rings (SSSR count). The Hall–Kier alpha value is -3.24. The van der Waals surface area contributed by atoms with E-state index in [1.165, 1.54) is 12.1 Å². The molecule has 0 aliphatic heterocycles. The molecular weight excluding hydrogens is 558 g/mol. The summed E-state index contributed by atoms with van der Waals surface area (Å²) < 4.78 is 97.9. The van der Waals surface area contributed by atoms with Crippen molar-refractivity contribution in [3.05, 3.63) is 58.1 Å². The van der Waals surface area contributed by atoms with E-state index in [4.69, 9.17) is 27.9 Å². The number of benzene rings is 2. The molecule has 0 aliphatic carbocycles. The van der Waals surface area contributed by atoms with Gasteiger partial charge in [-0.3, -0.25) is 10.1 Å². The van der Waals surface area contributed by atoms with Gasteiger partial charge in [-0.05, 0) is 43.2 Å². The van der Waals surface area contributed by atoms with Gasteiger partial charge in [-0.2, -0.15) is 31.6 Å². The lowest BCUT2D eigenvalue weighted by Crippen LogP contribution is -2.50. The SMILES string of the molecule is Cc1cc(C(F)(C(F)(F)F)C(F)(F)F)cc(C)c1NC(=O)c1ccc(C#N)c(NC(=O)OCC(Cl)Cl)c1. The molecule has 0 aliphatic rings. The van der Waals surface area contributed by atoms with Crippen LogP contribution in [-0.4, -0.2) is 35.8 Å². The third kappa shape index (κ3) is 6.56. The number of nitriles is 1. The average Bonchev–Trinajstić information content (AvgIpc) is 2.77. The predicted octanol–water partition coefficient (Wildman–Crippen LogP) is 7.07. The minimum absolute atomic E-state index is 0.0721. The zero-order valence-electron chi connectivity index (χ0n) is 18.7. The smallest absolute Gasteiger partial charge is 0.435 e. The van der Waals surface area contributed by atoms with Crippen molar-refractivity contribution in [1.29, 1.82) is 5.26 Å². The van der Waals surface area contributed by atoms with Crippen LogP contribution in [0.2, 0.25) is 0 Å². The van der Waals surface area contributed by atoms with Crippen LogP contribution in [0.3, 0.4) is 0 Å². The predicted molar refractivity (Wildman–Crippen MR) is 120 cm³/mol. The number of nitrogens with one attached hydrogen (secondary N) is 2. The van der Waals surface area contributed by atoms with E-state index in [1.54, 1.807) is 6.07 Å². The zero-order valence-corrected chi connectivity index (χ0v) is 20.3. The Morgan fingerprint density at radius 1 is 0.973 bits per heavy atom. The van der Waals surface area contributed by atoms with Gasteiger partial charge in [0.1, 0.15) is 17.5 Å². The van der Waals surface area contributed by atoms with Gasteiger partial charge < -0.3 is 10.1 Å². The highest BCUT2D eigenvalue weighted by atomic mass is 35.5. The van der Waals surface area contributed by atoms with E-state index in [2.05, 4.69) is 10.6 Å². The molecule has 2 aromatic rings. The van der Waals surface area contributed by atoms with Crippen molar-refractivity contribution in [1.82, 2.24) is 0 Å². The fourth-order valence-corrected chi connectivity index (χ4v) is 3.33. The Balaban J connectivity index is 2.39. The van der Waals surface area contributed by atoms with Crippen molar-refractivity contribution in [3.8, 4) is 6.07 Å². The number of ether oxygens (including phenoxy) is 1. The van der Waals surface area contributed by atoms with E-state index >= 15 is 0 Å². The van der Waals surface area contributed by atoms with Crippen LogP contribution in [0.5, 0.6) is 0 Å². The van der Waals surface area contributed by atoms with Gasteiger partial charge in [0, 0.05) is 16.8 Å². The second-order valence-electron chi connectivity index (χ2n) is 7.58. The maximum absolute atomic E-state index is 14.5. The van der Waals surface area contributed by atoms with Crippen LogP contribution in [0, 0.1) is 25.2 Å². The number of hydrogen-bond acceptors (Lipinski definition) is 4. The molecule has 0 saturated carbocycles. The number of hydrogen-bond donors (Lipinski definition) is 2. The Labute approximate surface area is 215 Å². The molecule has 0 saturated heterocycles. The van der Waals surface area contributed by atoms with E-state index < -0.39 is 40.4 Å². The molecule has 200 valence electrons. The van der Waals surface area contributed by atoms with Crippen LogP contribution in [-0.2, 0) is 10.4 Å². The summed E-state index contributed by atoms with van der Waals surface area (Å²) in [6.07, 6.45) is -13.6. The minimum atomic E-state index is -6.30. The largest absolute Gasteiger partial charge is 0.446 e. The first kappa shape index (κ1) is 30.0. The number of amides is 2. The van der Waals surface area contributed by atoms with Crippen LogP contribution in [0.25, 0.3) is 0 Å². The first-order chi connectivity index (χ1) is 16.9. The maximum atomic E-state index is 14.5. The van der Waals surface area contributed by atoms with Gasteiger partial charge in [-0.1, -0.05) is 12.1 Å². The fraction of sp³-hybridized carbons (Fsp3) is 0.318. The van der Waals surface area contributed by atoms with Crippen LogP contribution in [0.15, 0.2) is 30.3 Å². The number of carbonyl (C=O) groups excluding carboxylic acids is 2. The third-order valence-corrected chi connectivity index (χ3v) is 5.18. The molecule has 0 heterocycles. The standard InChI is InChI=1S/C22H16Cl2F7N3O3/c1-10-5-14(20(25,21(26,27)28)22(29,30)31)6-11(2)17(10)34-18(35)12-3-4-13(8-32)15(7-12)33-19(36)37-9-16(23)24/h3-7,16H,9H2,1-2H3,(H,33,36)(H,34,35). The number of aryl methyl sites for hydroxylation is 2. The number of nitrogens with zero attached hydrogens (tertiary/aromatic N) is 1. The van der Waals surface area contributed by atoms with Crippen molar-refractivity contribution in [3.63, 3.8) is 0 Å². The van der Waals surface area contributed by atoms with E-state index in [9.17, 15) is 45.6 Å². The lowest BCUT2D eigenvalue weighted by molar-refractivity contribution is -0.348. The highest BCUT2D eigenvalue weighted by Crippen LogP contribution is 2.53.